The number of fused-ring (bicyclic) bond motifs is 1. The number of nitro groups is 1. The first kappa shape index (κ1) is 8.96. The van der Waals surface area contributed by atoms with E-state index in [0.29, 0.717) is 5.39 Å². The van der Waals surface area contributed by atoms with Crippen LogP contribution in [0, 0.1) is 17.0 Å². The van der Waals surface area contributed by atoms with Crippen molar-refractivity contribution in [3.63, 3.8) is 0 Å². The van der Waals surface area contributed by atoms with Crippen LogP contribution in [-0.4, -0.2) is 10.0 Å². The molecule has 0 spiro atoms. The summed E-state index contributed by atoms with van der Waals surface area (Å²) in [6.07, 6.45) is 0. The van der Waals surface area contributed by atoms with E-state index < -0.39 is 4.92 Å². The van der Waals surface area contributed by atoms with Gasteiger partial charge in [0.1, 0.15) is 0 Å². The van der Waals surface area contributed by atoms with Gasteiger partial charge in [0, 0.05) is 16.2 Å². The van der Waals surface area contributed by atoms with E-state index in [9.17, 15) is 15.2 Å². The Hall–Kier alpha value is -1.62. The maximum absolute atomic E-state index is 10.6. The fraction of sp³-hybridized carbons (Fsp3) is 0.111. The molecule has 0 saturated carbocycles. The minimum Gasteiger partial charge on any atom is -0.502 e. The predicted octanol–water partition coefficient (Wildman–Crippen LogP) is 2.82. The molecule has 2 rings (SSSR count). The Balaban J connectivity index is 2.88. The third kappa shape index (κ3) is 1.13. The number of aryl methyl sites for hydroxylation is 1. The molecule has 0 radical (unpaired) electrons. The van der Waals surface area contributed by atoms with Gasteiger partial charge in [-0.25, -0.2) is 0 Å². The largest absolute Gasteiger partial charge is 0.502 e. The first-order valence-corrected chi connectivity index (χ1v) is 4.83. The summed E-state index contributed by atoms with van der Waals surface area (Å²) in [5, 5.41) is 22.6. The summed E-state index contributed by atoms with van der Waals surface area (Å²) in [5.41, 5.74) is 0.591. The summed E-state index contributed by atoms with van der Waals surface area (Å²) in [4.78, 5) is 10.0. The monoisotopic (exact) mass is 209 g/mol. The summed E-state index contributed by atoms with van der Waals surface area (Å²) >= 11 is 1.47. The lowest BCUT2D eigenvalue weighted by molar-refractivity contribution is -0.385. The average molecular weight is 209 g/mol. The topological polar surface area (TPSA) is 63.4 Å². The van der Waals surface area contributed by atoms with Crippen molar-refractivity contribution in [2.75, 3.05) is 0 Å². The molecule has 0 bridgehead atoms. The van der Waals surface area contributed by atoms with Gasteiger partial charge in [0.05, 0.1) is 4.92 Å². The van der Waals surface area contributed by atoms with E-state index in [1.54, 1.807) is 18.4 Å². The molecule has 0 unspecified atom stereocenters. The molecule has 5 heteroatoms. The van der Waals surface area contributed by atoms with E-state index in [4.69, 9.17) is 0 Å². The fourth-order valence-electron chi connectivity index (χ4n) is 1.42. The van der Waals surface area contributed by atoms with Gasteiger partial charge in [-0.15, -0.1) is 11.3 Å². The van der Waals surface area contributed by atoms with Crippen LogP contribution in [0.15, 0.2) is 17.5 Å². The summed E-state index contributed by atoms with van der Waals surface area (Å²) in [6.45, 7) is 1.80. The first-order chi connectivity index (χ1) is 6.61. The minimum absolute atomic E-state index is 0.228. The van der Waals surface area contributed by atoms with E-state index in [-0.39, 0.29) is 11.4 Å². The van der Waals surface area contributed by atoms with Gasteiger partial charge in [0.25, 0.3) is 0 Å². The van der Waals surface area contributed by atoms with Crippen LogP contribution in [-0.2, 0) is 0 Å². The number of phenols is 1. The molecule has 1 aromatic heterocycles. The third-order valence-electron chi connectivity index (χ3n) is 2.07. The van der Waals surface area contributed by atoms with Crippen molar-refractivity contribution in [2.45, 2.75) is 6.92 Å². The van der Waals surface area contributed by atoms with Gasteiger partial charge in [-0.05, 0) is 23.9 Å². The van der Waals surface area contributed by atoms with Crippen molar-refractivity contribution < 1.29 is 10.0 Å². The zero-order valence-electron chi connectivity index (χ0n) is 7.35. The number of aromatic hydroxyl groups is 1. The molecule has 2 aromatic rings. The van der Waals surface area contributed by atoms with Crippen LogP contribution in [0.4, 0.5) is 5.69 Å². The van der Waals surface area contributed by atoms with E-state index in [0.717, 1.165) is 10.3 Å². The van der Waals surface area contributed by atoms with Gasteiger partial charge in [0.15, 0.2) is 0 Å². The molecule has 0 aliphatic carbocycles. The van der Waals surface area contributed by atoms with Gasteiger partial charge in [-0.3, -0.25) is 10.1 Å². The predicted molar refractivity (Wildman–Crippen MR) is 54.9 cm³/mol. The lowest BCUT2D eigenvalue weighted by Gasteiger charge is -2.00. The molecule has 0 fully saturated rings. The average Bonchev–Trinajstić information content (AvgIpc) is 2.59. The lowest BCUT2D eigenvalue weighted by Crippen LogP contribution is -1.89. The number of hydrogen-bond acceptors (Lipinski definition) is 4. The molecule has 14 heavy (non-hydrogen) atoms. The zero-order chi connectivity index (χ0) is 10.3. The number of nitrogens with zero attached hydrogens (tertiary/aromatic N) is 1. The highest BCUT2D eigenvalue weighted by atomic mass is 32.1. The summed E-state index contributed by atoms with van der Waals surface area (Å²) in [5.74, 6) is -0.239. The van der Waals surface area contributed by atoms with Crippen molar-refractivity contribution in [1.29, 1.82) is 0 Å². The van der Waals surface area contributed by atoms with Crippen LogP contribution in [0.1, 0.15) is 5.56 Å². The van der Waals surface area contributed by atoms with Gasteiger partial charge in [-0.2, -0.15) is 0 Å². The molecular weight excluding hydrogens is 202 g/mol. The Morgan fingerprint density at radius 3 is 2.93 bits per heavy atom. The molecule has 1 heterocycles. The molecular formula is C9H7NO3S. The Labute approximate surface area is 83.6 Å². The number of nitro benzene ring substituents is 1. The van der Waals surface area contributed by atoms with E-state index in [1.807, 2.05) is 0 Å². The van der Waals surface area contributed by atoms with E-state index in [2.05, 4.69) is 0 Å². The number of thiophene rings is 1. The van der Waals surface area contributed by atoms with Crippen LogP contribution < -0.4 is 0 Å². The standard InChI is InChI=1S/C9H7NO3S/c1-5-4-7(10(12)13)8(11)6-2-3-14-9(5)6/h2-4,11H,1H3. The van der Waals surface area contributed by atoms with Crippen LogP contribution >= 0.6 is 11.3 Å². The molecule has 1 N–H and O–H groups in total. The van der Waals surface area contributed by atoms with Crippen molar-refractivity contribution in [3.05, 3.63) is 33.2 Å². The highest BCUT2D eigenvalue weighted by Gasteiger charge is 2.18. The van der Waals surface area contributed by atoms with Crippen molar-refractivity contribution >= 4 is 27.1 Å². The smallest absolute Gasteiger partial charge is 0.311 e. The highest BCUT2D eigenvalue weighted by molar-refractivity contribution is 7.17. The molecule has 1 aromatic carbocycles. The zero-order valence-corrected chi connectivity index (χ0v) is 8.17. The lowest BCUT2D eigenvalue weighted by atomic mass is 10.1. The Kier molecular flexibility index (Phi) is 1.89. The van der Waals surface area contributed by atoms with Crippen LogP contribution in [0.3, 0.4) is 0 Å². The van der Waals surface area contributed by atoms with Crippen LogP contribution in [0.5, 0.6) is 5.75 Å². The summed E-state index contributed by atoms with van der Waals surface area (Å²) in [7, 11) is 0. The van der Waals surface area contributed by atoms with Gasteiger partial charge in [0.2, 0.25) is 5.75 Å². The minimum atomic E-state index is -0.570. The quantitative estimate of drug-likeness (QED) is 0.580. The first-order valence-electron chi connectivity index (χ1n) is 3.95. The Morgan fingerprint density at radius 1 is 1.57 bits per heavy atom. The summed E-state index contributed by atoms with van der Waals surface area (Å²) < 4.78 is 0.896. The number of rotatable bonds is 1. The summed E-state index contributed by atoms with van der Waals surface area (Å²) in [6, 6.07) is 3.09. The second kappa shape index (κ2) is 2.95. The second-order valence-corrected chi connectivity index (χ2v) is 3.90. The molecule has 4 nitrogen and oxygen atoms in total. The third-order valence-corrected chi connectivity index (χ3v) is 3.12. The van der Waals surface area contributed by atoms with E-state index in [1.165, 1.54) is 17.4 Å². The van der Waals surface area contributed by atoms with Gasteiger partial charge >= 0.3 is 5.69 Å². The molecule has 0 saturated heterocycles. The maximum Gasteiger partial charge on any atom is 0.311 e. The van der Waals surface area contributed by atoms with Gasteiger partial charge in [-0.1, -0.05) is 0 Å². The fourth-order valence-corrected chi connectivity index (χ4v) is 2.29. The van der Waals surface area contributed by atoms with Crippen molar-refractivity contribution in [3.8, 4) is 5.75 Å². The molecule has 0 aliphatic heterocycles. The van der Waals surface area contributed by atoms with Crippen LogP contribution in [0.2, 0.25) is 0 Å². The second-order valence-electron chi connectivity index (χ2n) is 2.98. The van der Waals surface area contributed by atoms with Gasteiger partial charge < -0.3 is 5.11 Å². The van der Waals surface area contributed by atoms with Crippen molar-refractivity contribution in [1.82, 2.24) is 0 Å². The number of benzene rings is 1. The molecule has 0 amide bonds. The highest BCUT2D eigenvalue weighted by Crippen LogP contribution is 2.38. The van der Waals surface area contributed by atoms with E-state index >= 15 is 0 Å². The number of phenolic OH excluding ortho intramolecular Hbond substituents is 1. The normalized spacial score (nSPS) is 10.6. The Bertz CT molecular complexity index is 518. The Morgan fingerprint density at radius 2 is 2.29 bits per heavy atom. The van der Waals surface area contributed by atoms with Crippen molar-refractivity contribution in [2.24, 2.45) is 0 Å². The van der Waals surface area contributed by atoms with Crippen LogP contribution in [0.25, 0.3) is 10.1 Å². The SMILES string of the molecule is Cc1cc([N+](=O)[O-])c(O)c2ccsc12. The number of hydrogen-bond donors (Lipinski definition) is 1. The molecule has 72 valence electrons. The molecule has 0 aliphatic rings. The molecule has 0 atom stereocenters. The maximum atomic E-state index is 10.6.